The average Bonchev–Trinajstić information content (AvgIpc) is 2.93. The number of rotatable bonds is 5. The summed E-state index contributed by atoms with van der Waals surface area (Å²) in [6, 6.07) is 7.41. The number of benzene rings is 1. The van der Waals surface area contributed by atoms with E-state index in [1.54, 1.807) is 13.2 Å². The van der Waals surface area contributed by atoms with E-state index in [0.717, 1.165) is 22.2 Å². The molecule has 0 saturated carbocycles. The van der Waals surface area contributed by atoms with Crippen LogP contribution < -0.4 is 10.1 Å². The molecule has 1 aromatic carbocycles. The molecule has 0 atom stereocenters. The van der Waals surface area contributed by atoms with E-state index >= 15 is 0 Å². The molecule has 21 heavy (non-hydrogen) atoms. The average molecular weight is 350 g/mol. The van der Waals surface area contributed by atoms with Gasteiger partial charge in [0, 0.05) is 27.9 Å². The number of carbonyl (C=O) groups excluding carboxylic acids is 1. The van der Waals surface area contributed by atoms with Crippen LogP contribution in [0.4, 0.5) is 5.82 Å². The van der Waals surface area contributed by atoms with Gasteiger partial charge in [0.15, 0.2) is 5.82 Å². The predicted molar refractivity (Wildman–Crippen MR) is 86.3 cm³/mol. The molecule has 6 heteroatoms. The molecule has 110 valence electrons. The number of nitrogens with zero attached hydrogens (tertiary/aromatic N) is 1. The molecule has 0 aliphatic heterocycles. The zero-order valence-corrected chi connectivity index (χ0v) is 13.4. The van der Waals surface area contributed by atoms with Crippen LogP contribution in [0, 0.1) is 0 Å². The summed E-state index contributed by atoms with van der Waals surface area (Å²) in [5.74, 6) is 0.976. The fraction of sp³-hybridized carbons (Fsp3) is 0.200. The largest absolute Gasteiger partial charge is 0.496 e. The second-order valence-electron chi connectivity index (χ2n) is 4.34. The zero-order chi connectivity index (χ0) is 15.2. The van der Waals surface area contributed by atoms with Gasteiger partial charge in [-0.2, -0.15) is 5.10 Å². The van der Waals surface area contributed by atoms with E-state index in [9.17, 15) is 4.79 Å². The maximum atomic E-state index is 11.9. The van der Waals surface area contributed by atoms with E-state index in [0.29, 0.717) is 11.6 Å². The molecule has 0 saturated heterocycles. The summed E-state index contributed by atoms with van der Waals surface area (Å²) in [5, 5.41) is 9.55. The van der Waals surface area contributed by atoms with Crippen molar-refractivity contribution in [2.45, 2.75) is 13.3 Å². The van der Waals surface area contributed by atoms with Gasteiger partial charge < -0.3 is 10.1 Å². The number of methoxy groups -OCH3 is 1. The molecule has 2 N–H and O–H groups in total. The molecule has 0 spiro atoms. The minimum absolute atomic E-state index is 0.244. The highest BCUT2D eigenvalue weighted by Gasteiger charge is 2.04. The summed E-state index contributed by atoms with van der Waals surface area (Å²) in [6.45, 7) is 2.01. The van der Waals surface area contributed by atoms with Crippen molar-refractivity contribution in [3.8, 4) is 5.75 Å². The van der Waals surface area contributed by atoms with Gasteiger partial charge in [-0.3, -0.25) is 9.89 Å². The lowest BCUT2D eigenvalue weighted by Gasteiger charge is -2.04. The third kappa shape index (κ3) is 4.19. The molecule has 2 aromatic rings. The van der Waals surface area contributed by atoms with Crippen LogP contribution in [0.25, 0.3) is 6.08 Å². The Kier molecular flexibility index (Phi) is 5.16. The first-order chi connectivity index (χ1) is 10.1. The number of aromatic amines is 1. The van der Waals surface area contributed by atoms with Gasteiger partial charge in [0.2, 0.25) is 5.91 Å². The van der Waals surface area contributed by atoms with Gasteiger partial charge in [0.1, 0.15) is 5.75 Å². The highest BCUT2D eigenvalue weighted by molar-refractivity contribution is 9.10. The van der Waals surface area contributed by atoms with Gasteiger partial charge in [-0.15, -0.1) is 0 Å². The lowest BCUT2D eigenvalue weighted by molar-refractivity contribution is -0.111. The zero-order valence-electron chi connectivity index (χ0n) is 11.8. The maximum absolute atomic E-state index is 11.9. The summed E-state index contributed by atoms with van der Waals surface area (Å²) >= 11 is 3.39. The standard InChI is InChI=1S/C15H16BrN3O2/c1-3-12-9-14(19-18-12)17-15(20)7-4-10-8-11(16)5-6-13(10)21-2/h4-9H,3H2,1-2H3,(H2,17,18,19,20)/b7-4+. The topological polar surface area (TPSA) is 67.0 Å². The second kappa shape index (κ2) is 7.08. The van der Waals surface area contributed by atoms with Crippen LogP contribution in [0.3, 0.4) is 0 Å². The molecule has 5 nitrogen and oxygen atoms in total. The molecule has 0 aliphatic carbocycles. The summed E-state index contributed by atoms with van der Waals surface area (Å²) in [4.78, 5) is 11.9. The molecule has 0 aliphatic rings. The van der Waals surface area contributed by atoms with E-state index in [-0.39, 0.29) is 5.91 Å². The van der Waals surface area contributed by atoms with Crippen LogP contribution in [0.2, 0.25) is 0 Å². The van der Waals surface area contributed by atoms with Gasteiger partial charge in [0.05, 0.1) is 7.11 Å². The van der Waals surface area contributed by atoms with Gasteiger partial charge in [-0.1, -0.05) is 22.9 Å². The van der Waals surface area contributed by atoms with Crippen LogP contribution >= 0.6 is 15.9 Å². The van der Waals surface area contributed by atoms with E-state index in [1.165, 1.54) is 6.08 Å². The van der Waals surface area contributed by atoms with Crippen LogP contribution in [-0.4, -0.2) is 23.2 Å². The highest BCUT2D eigenvalue weighted by Crippen LogP contribution is 2.24. The molecule has 2 rings (SSSR count). The first kappa shape index (κ1) is 15.3. The maximum Gasteiger partial charge on any atom is 0.249 e. The Bertz CT molecular complexity index is 665. The van der Waals surface area contributed by atoms with Crippen molar-refractivity contribution in [2.75, 3.05) is 12.4 Å². The quantitative estimate of drug-likeness (QED) is 0.813. The summed E-state index contributed by atoms with van der Waals surface area (Å²) in [7, 11) is 1.59. The Balaban J connectivity index is 2.06. The third-order valence-corrected chi connectivity index (χ3v) is 3.36. The third-order valence-electron chi connectivity index (χ3n) is 2.87. The van der Waals surface area contributed by atoms with Crippen molar-refractivity contribution in [3.63, 3.8) is 0 Å². The Hall–Kier alpha value is -2.08. The van der Waals surface area contributed by atoms with Crippen molar-refractivity contribution in [1.82, 2.24) is 10.2 Å². The first-order valence-electron chi connectivity index (χ1n) is 6.49. The Morgan fingerprint density at radius 1 is 1.48 bits per heavy atom. The van der Waals surface area contributed by atoms with E-state index in [4.69, 9.17) is 4.74 Å². The molecule has 1 aromatic heterocycles. The summed E-state index contributed by atoms with van der Waals surface area (Å²) in [5.41, 5.74) is 1.79. The predicted octanol–water partition coefficient (Wildman–Crippen LogP) is 3.40. The van der Waals surface area contributed by atoms with Crippen molar-refractivity contribution in [3.05, 3.63) is 46.1 Å². The number of H-pyrrole nitrogens is 1. The van der Waals surface area contributed by atoms with E-state index in [1.807, 2.05) is 31.2 Å². The van der Waals surface area contributed by atoms with Crippen LogP contribution in [0.15, 0.2) is 34.8 Å². The second-order valence-corrected chi connectivity index (χ2v) is 5.26. The molecule has 0 fully saturated rings. The highest BCUT2D eigenvalue weighted by atomic mass is 79.9. The number of anilines is 1. The Labute approximate surface area is 131 Å². The van der Waals surface area contributed by atoms with E-state index in [2.05, 4.69) is 31.4 Å². The number of halogens is 1. The molecule has 1 heterocycles. The number of nitrogens with one attached hydrogen (secondary N) is 2. The number of amides is 1. The monoisotopic (exact) mass is 349 g/mol. The van der Waals surface area contributed by atoms with E-state index < -0.39 is 0 Å². The van der Waals surface area contributed by atoms with Crippen molar-refractivity contribution in [1.29, 1.82) is 0 Å². The number of hydrogen-bond acceptors (Lipinski definition) is 3. The normalized spacial score (nSPS) is 10.8. The van der Waals surface area contributed by atoms with Gasteiger partial charge in [-0.05, 0) is 30.7 Å². The molecule has 1 amide bonds. The molecular formula is C15H16BrN3O2. The van der Waals surface area contributed by atoms with Gasteiger partial charge in [-0.25, -0.2) is 0 Å². The fourth-order valence-corrected chi connectivity index (χ4v) is 2.15. The van der Waals surface area contributed by atoms with Crippen molar-refractivity contribution >= 4 is 33.7 Å². The Morgan fingerprint density at radius 2 is 2.29 bits per heavy atom. The molecule has 0 bridgehead atoms. The minimum atomic E-state index is -0.244. The van der Waals surface area contributed by atoms with Crippen molar-refractivity contribution < 1.29 is 9.53 Å². The van der Waals surface area contributed by atoms with Gasteiger partial charge >= 0.3 is 0 Å². The Morgan fingerprint density at radius 3 is 2.95 bits per heavy atom. The smallest absolute Gasteiger partial charge is 0.249 e. The number of aromatic nitrogens is 2. The lowest BCUT2D eigenvalue weighted by Crippen LogP contribution is -2.07. The SMILES string of the molecule is CCc1cc(NC(=O)/C=C/c2cc(Br)ccc2OC)n[nH]1. The fourth-order valence-electron chi connectivity index (χ4n) is 1.78. The van der Waals surface area contributed by atoms with Crippen LogP contribution in [0.5, 0.6) is 5.75 Å². The number of hydrogen-bond donors (Lipinski definition) is 2. The van der Waals surface area contributed by atoms with Crippen LogP contribution in [-0.2, 0) is 11.2 Å². The van der Waals surface area contributed by atoms with Crippen LogP contribution in [0.1, 0.15) is 18.2 Å². The first-order valence-corrected chi connectivity index (χ1v) is 7.28. The number of ether oxygens (including phenoxy) is 1. The molecule has 0 radical (unpaired) electrons. The lowest BCUT2D eigenvalue weighted by atomic mass is 10.2. The summed E-state index contributed by atoms with van der Waals surface area (Å²) in [6.07, 6.45) is 3.99. The molecular weight excluding hydrogens is 334 g/mol. The van der Waals surface area contributed by atoms with Gasteiger partial charge in [0.25, 0.3) is 0 Å². The number of aryl methyl sites for hydroxylation is 1. The van der Waals surface area contributed by atoms with Crippen molar-refractivity contribution in [2.24, 2.45) is 0 Å². The molecule has 0 unspecified atom stereocenters. The minimum Gasteiger partial charge on any atom is -0.496 e. The summed E-state index contributed by atoms with van der Waals surface area (Å²) < 4.78 is 6.17. The number of carbonyl (C=O) groups is 1.